The van der Waals surface area contributed by atoms with Crippen molar-refractivity contribution in [3.8, 4) is 11.5 Å². The first-order chi connectivity index (χ1) is 10.0. The molecular formula is C15H16BrNO3S. The van der Waals surface area contributed by atoms with E-state index in [1.54, 1.807) is 26.2 Å². The zero-order valence-corrected chi connectivity index (χ0v) is 14.5. The van der Waals surface area contributed by atoms with Gasteiger partial charge in [0.25, 0.3) is 5.91 Å². The molecule has 1 aromatic heterocycles. The second-order valence-electron chi connectivity index (χ2n) is 4.49. The fourth-order valence-electron chi connectivity index (χ4n) is 1.97. The summed E-state index contributed by atoms with van der Waals surface area (Å²) >= 11 is 4.87. The molecule has 1 heterocycles. The number of rotatable bonds is 5. The number of carbonyl (C=O) groups excluding carboxylic acids is 1. The fraction of sp³-hybridized carbons (Fsp3) is 0.267. The Morgan fingerprint density at radius 3 is 2.52 bits per heavy atom. The number of carbonyl (C=O) groups is 1. The molecule has 112 valence electrons. The van der Waals surface area contributed by atoms with Gasteiger partial charge in [-0.25, -0.2) is 0 Å². The van der Waals surface area contributed by atoms with Gasteiger partial charge in [0.1, 0.15) is 0 Å². The van der Waals surface area contributed by atoms with Gasteiger partial charge in [-0.15, -0.1) is 11.3 Å². The Bertz CT molecular complexity index is 642. The Kier molecular flexibility index (Phi) is 5.25. The summed E-state index contributed by atoms with van der Waals surface area (Å²) in [6.07, 6.45) is 0. The van der Waals surface area contributed by atoms with Crippen molar-refractivity contribution in [2.75, 3.05) is 21.3 Å². The van der Waals surface area contributed by atoms with E-state index in [1.807, 2.05) is 29.6 Å². The third-order valence-electron chi connectivity index (χ3n) is 3.03. The van der Waals surface area contributed by atoms with Crippen molar-refractivity contribution in [2.45, 2.75) is 6.54 Å². The van der Waals surface area contributed by atoms with Gasteiger partial charge in [0.15, 0.2) is 11.5 Å². The maximum absolute atomic E-state index is 12.3. The topological polar surface area (TPSA) is 38.8 Å². The minimum Gasteiger partial charge on any atom is -0.493 e. The lowest BCUT2D eigenvalue weighted by Gasteiger charge is -2.17. The summed E-state index contributed by atoms with van der Waals surface area (Å²) in [6, 6.07) is 7.48. The number of methoxy groups -OCH3 is 2. The Morgan fingerprint density at radius 1 is 1.24 bits per heavy atom. The molecule has 4 nitrogen and oxygen atoms in total. The van der Waals surface area contributed by atoms with E-state index in [9.17, 15) is 4.79 Å². The Morgan fingerprint density at radius 2 is 1.95 bits per heavy atom. The van der Waals surface area contributed by atoms with Gasteiger partial charge in [0, 0.05) is 19.0 Å². The van der Waals surface area contributed by atoms with E-state index in [1.165, 1.54) is 11.3 Å². The molecule has 1 aromatic carbocycles. The molecule has 0 N–H and O–H groups in total. The van der Waals surface area contributed by atoms with Gasteiger partial charge in [-0.3, -0.25) is 4.79 Å². The van der Waals surface area contributed by atoms with Crippen LogP contribution in [0.3, 0.4) is 0 Å². The number of amides is 1. The third kappa shape index (κ3) is 3.77. The minimum absolute atomic E-state index is 0.00765. The number of halogens is 1. The summed E-state index contributed by atoms with van der Waals surface area (Å²) in [5, 5.41) is 1.84. The van der Waals surface area contributed by atoms with E-state index >= 15 is 0 Å². The van der Waals surface area contributed by atoms with E-state index in [4.69, 9.17) is 9.47 Å². The second kappa shape index (κ2) is 6.95. The summed E-state index contributed by atoms with van der Waals surface area (Å²) in [6.45, 7) is 0.507. The normalized spacial score (nSPS) is 10.3. The van der Waals surface area contributed by atoms with Gasteiger partial charge in [-0.1, -0.05) is 6.07 Å². The first-order valence-corrected chi connectivity index (χ1v) is 7.92. The standard InChI is InChI=1S/C15H16BrNO3S/c1-17(15(18)11-7-14(16)21-9-11)8-10-4-5-12(19-2)13(6-10)20-3/h4-7,9H,8H2,1-3H3. The lowest BCUT2D eigenvalue weighted by molar-refractivity contribution is 0.0785. The van der Waals surface area contributed by atoms with Crippen LogP contribution in [-0.4, -0.2) is 32.1 Å². The van der Waals surface area contributed by atoms with E-state index < -0.39 is 0 Å². The van der Waals surface area contributed by atoms with Crippen LogP contribution in [0.5, 0.6) is 11.5 Å². The molecule has 0 saturated heterocycles. The molecule has 1 amide bonds. The lowest BCUT2D eigenvalue weighted by Crippen LogP contribution is -2.25. The molecule has 0 fully saturated rings. The molecule has 0 unspecified atom stereocenters. The van der Waals surface area contributed by atoms with Crippen LogP contribution in [-0.2, 0) is 6.54 Å². The zero-order chi connectivity index (χ0) is 15.4. The molecule has 0 aliphatic heterocycles. The molecular weight excluding hydrogens is 354 g/mol. The highest BCUT2D eigenvalue weighted by molar-refractivity contribution is 9.11. The molecule has 6 heteroatoms. The fourth-order valence-corrected chi connectivity index (χ4v) is 3.10. The summed E-state index contributed by atoms with van der Waals surface area (Å²) in [5.74, 6) is 1.33. The molecule has 2 rings (SSSR count). The lowest BCUT2D eigenvalue weighted by atomic mass is 10.2. The van der Waals surface area contributed by atoms with Crippen molar-refractivity contribution in [1.29, 1.82) is 0 Å². The van der Waals surface area contributed by atoms with E-state index in [2.05, 4.69) is 15.9 Å². The Balaban J connectivity index is 2.12. The predicted octanol–water partition coefficient (Wildman–Crippen LogP) is 3.80. The van der Waals surface area contributed by atoms with Crippen LogP contribution in [0.25, 0.3) is 0 Å². The molecule has 0 aliphatic rings. The quantitative estimate of drug-likeness (QED) is 0.804. The molecule has 0 aliphatic carbocycles. The van der Waals surface area contributed by atoms with Gasteiger partial charge < -0.3 is 14.4 Å². The van der Waals surface area contributed by atoms with Crippen molar-refractivity contribution < 1.29 is 14.3 Å². The monoisotopic (exact) mass is 369 g/mol. The van der Waals surface area contributed by atoms with Gasteiger partial charge in [-0.05, 0) is 39.7 Å². The summed E-state index contributed by atoms with van der Waals surface area (Å²) in [7, 11) is 4.98. The molecule has 0 atom stereocenters. The van der Waals surface area contributed by atoms with E-state index in [0.29, 0.717) is 23.6 Å². The van der Waals surface area contributed by atoms with Crippen molar-refractivity contribution in [3.05, 3.63) is 44.6 Å². The van der Waals surface area contributed by atoms with Crippen LogP contribution in [0.4, 0.5) is 0 Å². The molecule has 0 radical (unpaired) electrons. The van der Waals surface area contributed by atoms with Crippen molar-refractivity contribution in [1.82, 2.24) is 4.90 Å². The first-order valence-electron chi connectivity index (χ1n) is 6.25. The maximum Gasteiger partial charge on any atom is 0.254 e. The highest BCUT2D eigenvalue weighted by Crippen LogP contribution is 2.28. The SMILES string of the molecule is COc1ccc(CN(C)C(=O)c2csc(Br)c2)cc1OC. The van der Waals surface area contributed by atoms with Gasteiger partial charge in [-0.2, -0.15) is 0 Å². The summed E-state index contributed by atoms with van der Waals surface area (Å²) in [4.78, 5) is 14.0. The Hall–Kier alpha value is -1.53. The smallest absolute Gasteiger partial charge is 0.254 e. The van der Waals surface area contributed by atoms with Crippen molar-refractivity contribution >= 4 is 33.2 Å². The van der Waals surface area contributed by atoms with Gasteiger partial charge >= 0.3 is 0 Å². The maximum atomic E-state index is 12.3. The summed E-state index contributed by atoms with van der Waals surface area (Å²) in [5.41, 5.74) is 1.67. The average molecular weight is 370 g/mol. The zero-order valence-electron chi connectivity index (χ0n) is 12.1. The van der Waals surface area contributed by atoms with Crippen LogP contribution in [0, 0.1) is 0 Å². The molecule has 0 saturated carbocycles. The summed E-state index contributed by atoms with van der Waals surface area (Å²) < 4.78 is 11.4. The number of hydrogen-bond donors (Lipinski definition) is 0. The van der Waals surface area contributed by atoms with Crippen LogP contribution < -0.4 is 9.47 Å². The van der Waals surface area contributed by atoms with Gasteiger partial charge in [0.2, 0.25) is 0 Å². The second-order valence-corrected chi connectivity index (χ2v) is 6.78. The van der Waals surface area contributed by atoms with Gasteiger partial charge in [0.05, 0.1) is 23.6 Å². The Labute approximate surface area is 136 Å². The highest BCUT2D eigenvalue weighted by atomic mass is 79.9. The predicted molar refractivity (Wildman–Crippen MR) is 87.4 cm³/mol. The molecule has 2 aromatic rings. The first kappa shape index (κ1) is 15.9. The number of hydrogen-bond acceptors (Lipinski definition) is 4. The largest absolute Gasteiger partial charge is 0.493 e. The van der Waals surface area contributed by atoms with Crippen LogP contribution >= 0.6 is 27.3 Å². The number of thiophene rings is 1. The van der Waals surface area contributed by atoms with E-state index in [-0.39, 0.29) is 5.91 Å². The number of benzene rings is 1. The van der Waals surface area contributed by atoms with Crippen LogP contribution in [0.2, 0.25) is 0 Å². The van der Waals surface area contributed by atoms with E-state index in [0.717, 1.165) is 9.35 Å². The minimum atomic E-state index is -0.00765. The number of ether oxygens (including phenoxy) is 2. The van der Waals surface area contributed by atoms with Crippen LogP contribution in [0.1, 0.15) is 15.9 Å². The van der Waals surface area contributed by atoms with Crippen LogP contribution in [0.15, 0.2) is 33.4 Å². The van der Waals surface area contributed by atoms with Crippen molar-refractivity contribution in [3.63, 3.8) is 0 Å². The average Bonchev–Trinajstić information content (AvgIpc) is 2.92. The third-order valence-corrected chi connectivity index (χ3v) is 4.53. The van der Waals surface area contributed by atoms with Crippen molar-refractivity contribution in [2.24, 2.45) is 0 Å². The molecule has 0 bridgehead atoms. The number of nitrogens with zero attached hydrogens (tertiary/aromatic N) is 1. The molecule has 21 heavy (non-hydrogen) atoms. The molecule has 0 spiro atoms. The highest BCUT2D eigenvalue weighted by Gasteiger charge is 2.14.